The molecule has 1 N–H and O–H groups in total. The van der Waals surface area contributed by atoms with Crippen LogP contribution in [0.4, 0.5) is 0 Å². The van der Waals surface area contributed by atoms with Crippen LogP contribution in [0.3, 0.4) is 0 Å². The number of thiophene rings is 1. The SMILES string of the molecule is CCC(CC)C(=O)/C=C(\O)C(CC)CC.[CH2-][n+]1c(-c2[c-]c(CC(C)C)cc3c2sc2ccccc23)cc(C2CCCC2)c2c3ccccc3ccc21.[Ir]. The minimum absolute atomic E-state index is 0. The van der Waals surface area contributed by atoms with Crippen LogP contribution >= 0.6 is 11.3 Å². The Morgan fingerprint density at radius 3 is 2.19 bits per heavy atom. The zero-order chi connectivity index (χ0) is 36.9. The first-order valence-electron chi connectivity index (χ1n) is 19.7. The molecule has 0 spiro atoms. The molecule has 1 aliphatic rings. The number of fused-ring (bicyclic) bond motifs is 6. The Balaban J connectivity index is 0.000000290. The molecule has 0 amide bonds. The van der Waals surface area contributed by atoms with Crippen molar-refractivity contribution in [2.24, 2.45) is 17.8 Å². The van der Waals surface area contributed by atoms with Gasteiger partial charge in [-0.2, -0.15) is 11.3 Å². The molecule has 0 atom stereocenters. The molecule has 4 aromatic carbocycles. The van der Waals surface area contributed by atoms with Crippen molar-refractivity contribution < 1.29 is 34.6 Å². The largest absolute Gasteiger partial charge is 0.512 e. The fourth-order valence-corrected chi connectivity index (χ4v) is 9.50. The van der Waals surface area contributed by atoms with Gasteiger partial charge >= 0.3 is 0 Å². The van der Waals surface area contributed by atoms with Gasteiger partial charge in [0.25, 0.3) is 0 Å². The van der Waals surface area contributed by atoms with Crippen LogP contribution in [0.1, 0.15) is 110 Å². The fourth-order valence-electron chi connectivity index (χ4n) is 8.31. The van der Waals surface area contributed by atoms with Gasteiger partial charge in [0, 0.05) is 55.2 Å². The summed E-state index contributed by atoms with van der Waals surface area (Å²) in [6, 6.07) is 31.0. The second-order valence-corrected chi connectivity index (χ2v) is 16.2. The first-order chi connectivity index (χ1) is 25.2. The predicted octanol–water partition coefficient (Wildman–Crippen LogP) is 13.5. The van der Waals surface area contributed by atoms with E-state index in [-0.39, 0.29) is 43.5 Å². The van der Waals surface area contributed by atoms with Gasteiger partial charge in [-0.25, -0.2) is 0 Å². The quantitative estimate of drug-likeness (QED) is 0.0463. The number of nitrogens with zero attached hydrogens (tertiary/aromatic N) is 1. The van der Waals surface area contributed by atoms with Crippen molar-refractivity contribution in [3.63, 3.8) is 0 Å². The molecule has 3 nitrogen and oxygen atoms in total. The van der Waals surface area contributed by atoms with Gasteiger partial charge in [-0.05, 0) is 101 Å². The molecule has 5 heteroatoms. The number of aromatic nitrogens is 1. The normalized spacial score (nSPS) is 13.8. The predicted molar refractivity (Wildman–Crippen MR) is 223 cm³/mol. The molecule has 1 saturated carbocycles. The third-order valence-electron chi connectivity index (χ3n) is 11.3. The van der Waals surface area contributed by atoms with Crippen LogP contribution in [0, 0.1) is 30.9 Å². The smallest absolute Gasteiger partial charge is 0.162 e. The number of aliphatic hydroxyl groups excluding tert-OH is 1. The van der Waals surface area contributed by atoms with E-state index in [0.29, 0.717) is 11.8 Å². The number of rotatable bonds is 11. The van der Waals surface area contributed by atoms with Crippen LogP contribution in [-0.4, -0.2) is 10.9 Å². The first kappa shape index (κ1) is 40.7. The maximum Gasteiger partial charge on any atom is 0.162 e. The van der Waals surface area contributed by atoms with Crippen LogP contribution in [0.15, 0.2) is 84.6 Å². The van der Waals surface area contributed by atoms with Crippen molar-refractivity contribution in [2.75, 3.05) is 0 Å². The maximum atomic E-state index is 11.7. The Morgan fingerprint density at radius 1 is 0.887 bits per heavy atom. The van der Waals surface area contributed by atoms with E-state index in [4.69, 9.17) is 0 Å². The van der Waals surface area contributed by atoms with E-state index in [0.717, 1.165) is 32.1 Å². The Labute approximate surface area is 334 Å². The average molecular weight is 903 g/mol. The van der Waals surface area contributed by atoms with Crippen molar-refractivity contribution >= 4 is 59.0 Å². The minimum atomic E-state index is 0. The van der Waals surface area contributed by atoms with E-state index in [2.05, 4.69) is 104 Å². The van der Waals surface area contributed by atoms with Crippen LogP contribution in [0.25, 0.3) is 53.1 Å². The summed E-state index contributed by atoms with van der Waals surface area (Å²) < 4.78 is 4.85. The van der Waals surface area contributed by atoms with Crippen molar-refractivity contribution in [1.82, 2.24) is 0 Å². The van der Waals surface area contributed by atoms with Crippen molar-refractivity contribution in [1.29, 1.82) is 0 Å². The third kappa shape index (κ3) is 8.59. The van der Waals surface area contributed by atoms with Gasteiger partial charge in [0.1, 0.15) is 11.2 Å². The number of hydrogen-bond donors (Lipinski definition) is 1. The van der Waals surface area contributed by atoms with E-state index >= 15 is 0 Å². The summed E-state index contributed by atoms with van der Waals surface area (Å²) in [7, 11) is 4.65. The van der Waals surface area contributed by atoms with Gasteiger partial charge < -0.3 is 9.67 Å². The molecule has 0 saturated heterocycles. The number of ketones is 1. The summed E-state index contributed by atoms with van der Waals surface area (Å²) in [5, 5.41) is 16.5. The second kappa shape index (κ2) is 18.2. The Morgan fingerprint density at radius 2 is 1.53 bits per heavy atom. The molecular formula is C48H56IrNO2S-. The van der Waals surface area contributed by atoms with Crippen LogP contribution < -0.4 is 4.57 Å². The fraction of sp³-hybridized carbons (Fsp3) is 0.396. The zero-order valence-electron chi connectivity index (χ0n) is 32.4. The third-order valence-corrected chi connectivity index (χ3v) is 12.5. The van der Waals surface area contributed by atoms with Crippen LogP contribution in [-0.2, 0) is 31.3 Å². The summed E-state index contributed by atoms with van der Waals surface area (Å²) in [4.78, 5) is 11.7. The van der Waals surface area contributed by atoms with Gasteiger partial charge in [0.05, 0.1) is 5.76 Å². The summed E-state index contributed by atoms with van der Waals surface area (Å²) in [5.74, 6) is 1.73. The molecule has 0 unspecified atom stereocenters. The number of carbonyl (C=O) groups is 1. The summed E-state index contributed by atoms with van der Waals surface area (Å²) in [6.45, 7) is 12.7. The summed E-state index contributed by atoms with van der Waals surface area (Å²) >= 11 is 1.89. The van der Waals surface area contributed by atoms with Crippen molar-refractivity contribution in [3.05, 3.63) is 109 Å². The standard InChI is InChI=1S/C35H32NS.C13H24O2.Ir/c1-22(2)18-23-19-29-27-14-8-9-15-33(27)37-35(29)30(20-23)32-21-28(24-10-4-5-11-24)34-26-13-7-6-12-25(26)16-17-31(34)36(32)3;1-5-10(6-2)12(14)9-13(15)11(7-3)8-4;/h6-9,12-17,19,21-22,24H,3-5,10-11,18H2,1-2H3;9-11,14H,5-8H2,1-4H3;/q-1;;/b;12-9-;. The number of carbonyl (C=O) groups excluding carboxylic acids is 1. The summed E-state index contributed by atoms with van der Waals surface area (Å²) in [6.07, 6.45) is 11.1. The van der Waals surface area contributed by atoms with E-state index in [9.17, 15) is 9.90 Å². The monoisotopic (exact) mass is 903 g/mol. The van der Waals surface area contributed by atoms with Crippen LogP contribution in [0.5, 0.6) is 0 Å². The molecule has 1 aliphatic carbocycles. The molecule has 7 rings (SSSR count). The topological polar surface area (TPSA) is 41.2 Å². The van der Waals surface area contributed by atoms with E-state index in [1.807, 2.05) is 39.0 Å². The first-order valence-corrected chi connectivity index (χ1v) is 20.5. The van der Waals surface area contributed by atoms with Crippen molar-refractivity contribution in [2.45, 2.75) is 105 Å². The molecule has 2 aromatic heterocycles. The average Bonchev–Trinajstić information content (AvgIpc) is 3.81. The molecule has 0 aliphatic heterocycles. The molecule has 53 heavy (non-hydrogen) atoms. The van der Waals surface area contributed by atoms with Crippen LogP contribution in [0.2, 0.25) is 0 Å². The van der Waals surface area contributed by atoms with Gasteiger partial charge in [0.15, 0.2) is 5.78 Å². The number of hydrogen-bond acceptors (Lipinski definition) is 3. The molecule has 1 radical (unpaired) electrons. The number of pyridine rings is 1. The second-order valence-electron chi connectivity index (χ2n) is 15.2. The zero-order valence-corrected chi connectivity index (χ0v) is 35.6. The Hall–Kier alpha value is -3.50. The number of benzene rings is 4. The Kier molecular flexibility index (Phi) is 14.0. The van der Waals surface area contributed by atoms with Crippen molar-refractivity contribution in [3.8, 4) is 11.3 Å². The maximum absolute atomic E-state index is 11.7. The van der Waals surface area contributed by atoms with Gasteiger partial charge in [0.2, 0.25) is 0 Å². The summed E-state index contributed by atoms with van der Waals surface area (Å²) in [5.41, 5.74) is 6.40. The van der Waals surface area contributed by atoms with Gasteiger partial charge in [-0.1, -0.05) is 114 Å². The van der Waals surface area contributed by atoms with E-state index < -0.39 is 0 Å². The molecule has 2 heterocycles. The molecule has 0 bridgehead atoms. The van der Waals surface area contributed by atoms with E-state index in [1.165, 1.54) is 96.0 Å². The molecular weight excluding hydrogens is 847 g/mol. The molecule has 6 aromatic rings. The Bertz CT molecular complexity index is 2220. The van der Waals surface area contributed by atoms with E-state index in [1.54, 1.807) is 0 Å². The molecule has 1 fully saturated rings. The minimum Gasteiger partial charge on any atom is -0.512 e. The van der Waals surface area contributed by atoms with Gasteiger partial charge in [-0.15, -0.1) is 17.7 Å². The van der Waals surface area contributed by atoms with Gasteiger partial charge in [-0.3, -0.25) is 4.79 Å². The number of aliphatic hydroxyl groups is 1. The molecule has 281 valence electrons. The number of allylic oxidation sites excluding steroid dienone is 2.